The van der Waals surface area contributed by atoms with Gasteiger partial charge in [-0.1, -0.05) is 19.3 Å². The lowest BCUT2D eigenvalue weighted by atomic mass is 9.96. The molecule has 126 valence electrons. The molecule has 1 saturated carbocycles. The van der Waals surface area contributed by atoms with Gasteiger partial charge in [-0.15, -0.1) is 0 Å². The summed E-state index contributed by atoms with van der Waals surface area (Å²) in [4.78, 5) is 23.4. The van der Waals surface area contributed by atoms with Crippen LogP contribution in [0.25, 0.3) is 0 Å². The molecule has 0 unspecified atom stereocenters. The van der Waals surface area contributed by atoms with Gasteiger partial charge in [-0.05, 0) is 19.3 Å². The molecule has 0 bridgehead atoms. The van der Waals surface area contributed by atoms with Crippen molar-refractivity contribution in [3.05, 3.63) is 0 Å². The molecule has 7 nitrogen and oxygen atoms in total. The smallest absolute Gasteiger partial charge is 0.315 e. The van der Waals surface area contributed by atoms with E-state index in [1.165, 1.54) is 6.42 Å². The lowest BCUT2D eigenvalue weighted by Crippen LogP contribution is -2.44. The van der Waals surface area contributed by atoms with Crippen LogP contribution in [-0.4, -0.2) is 50.5 Å². The predicted octanol–water partition coefficient (Wildman–Crippen LogP) is 0.312. The molecule has 1 aliphatic carbocycles. The maximum absolute atomic E-state index is 11.7. The van der Waals surface area contributed by atoms with Crippen LogP contribution in [0.15, 0.2) is 0 Å². The Hall–Kier alpha value is -1.31. The maximum Gasteiger partial charge on any atom is 0.315 e. The van der Waals surface area contributed by atoms with Gasteiger partial charge in [0.1, 0.15) is 0 Å². The van der Waals surface area contributed by atoms with Crippen LogP contribution >= 0.6 is 0 Å². The minimum Gasteiger partial charge on any atom is -0.352 e. The molecule has 22 heavy (non-hydrogen) atoms. The third-order valence-electron chi connectivity index (χ3n) is 4.18. The number of nitrogens with one attached hydrogen (secondary N) is 3. The molecular weight excluding hydrogens is 306 g/mol. The summed E-state index contributed by atoms with van der Waals surface area (Å²) in [7, 11) is -2.99. The summed E-state index contributed by atoms with van der Waals surface area (Å²) in [5.41, 5.74) is 0. The largest absolute Gasteiger partial charge is 0.352 e. The van der Waals surface area contributed by atoms with Crippen molar-refractivity contribution < 1.29 is 18.0 Å². The van der Waals surface area contributed by atoms with Crippen molar-refractivity contribution in [2.45, 2.75) is 57.0 Å². The molecule has 1 aliphatic heterocycles. The first-order chi connectivity index (χ1) is 10.4. The highest BCUT2D eigenvalue weighted by atomic mass is 32.2. The molecule has 0 radical (unpaired) electrons. The Morgan fingerprint density at radius 2 is 1.68 bits per heavy atom. The number of hydrogen-bond donors (Lipinski definition) is 3. The van der Waals surface area contributed by atoms with Crippen LogP contribution in [0, 0.1) is 0 Å². The van der Waals surface area contributed by atoms with E-state index in [0.29, 0.717) is 6.42 Å². The van der Waals surface area contributed by atoms with Crippen LogP contribution in [0.4, 0.5) is 4.79 Å². The fourth-order valence-electron chi connectivity index (χ4n) is 2.98. The van der Waals surface area contributed by atoms with E-state index in [-0.39, 0.29) is 48.5 Å². The summed E-state index contributed by atoms with van der Waals surface area (Å²) in [6.07, 6.45) is 6.21. The maximum atomic E-state index is 11.7. The molecule has 2 rings (SSSR count). The molecule has 0 aromatic carbocycles. The number of amides is 3. The van der Waals surface area contributed by atoms with Crippen molar-refractivity contribution in [2.24, 2.45) is 0 Å². The summed E-state index contributed by atoms with van der Waals surface area (Å²) in [6.45, 7) is 0.254. The first kappa shape index (κ1) is 17.1. The Morgan fingerprint density at radius 3 is 2.32 bits per heavy atom. The van der Waals surface area contributed by atoms with Crippen molar-refractivity contribution in [1.29, 1.82) is 0 Å². The van der Waals surface area contributed by atoms with Crippen molar-refractivity contribution in [2.75, 3.05) is 18.1 Å². The van der Waals surface area contributed by atoms with E-state index in [4.69, 9.17) is 0 Å². The van der Waals surface area contributed by atoms with Gasteiger partial charge >= 0.3 is 6.03 Å². The van der Waals surface area contributed by atoms with Gasteiger partial charge in [-0.2, -0.15) is 0 Å². The Morgan fingerprint density at radius 1 is 0.955 bits per heavy atom. The molecule has 1 atom stereocenters. The standard InChI is InChI=1S/C14H25N3O4S/c18-13(16-12-7-9-22(20,21)10-12)6-8-15-14(19)17-11-4-2-1-3-5-11/h11-12H,1-10H2,(H,16,18)(H2,15,17,19)/t12-/m1/s1. The second kappa shape index (κ2) is 7.80. The van der Waals surface area contributed by atoms with Crippen molar-refractivity contribution in [1.82, 2.24) is 16.0 Å². The molecule has 2 fully saturated rings. The van der Waals surface area contributed by atoms with E-state index < -0.39 is 9.84 Å². The SMILES string of the molecule is O=C(CCNC(=O)NC1CCCCC1)N[C@@H]1CCS(=O)(=O)C1. The Kier molecular flexibility index (Phi) is 6.05. The molecule has 0 aromatic rings. The van der Waals surface area contributed by atoms with Crippen LogP contribution in [-0.2, 0) is 14.6 Å². The van der Waals surface area contributed by atoms with E-state index in [2.05, 4.69) is 16.0 Å². The number of carbonyl (C=O) groups is 2. The first-order valence-electron chi connectivity index (χ1n) is 7.99. The van der Waals surface area contributed by atoms with Gasteiger partial charge in [-0.25, -0.2) is 13.2 Å². The number of carbonyl (C=O) groups excluding carboxylic acids is 2. The summed E-state index contributed by atoms with van der Waals surface area (Å²) in [6, 6.07) is -0.275. The summed E-state index contributed by atoms with van der Waals surface area (Å²) in [5.74, 6) is -0.0611. The van der Waals surface area contributed by atoms with Gasteiger partial charge in [-0.3, -0.25) is 4.79 Å². The van der Waals surface area contributed by atoms with E-state index in [9.17, 15) is 18.0 Å². The first-order valence-corrected chi connectivity index (χ1v) is 9.81. The highest BCUT2D eigenvalue weighted by Crippen LogP contribution is 2.17. The van der Waals surface area contributed by atoms with E-state index >= 15 is 0 Å². The molecule has 8 heteroatoms. The van der Waals surface area contributed by atoms with E-state index in [1.807, 2.05) is 0 Å². The van der Waals surface area contributed by atoms with Crippen LogP contribution in [0.5, 0.6) is 0 Å². The summed E-state index contributed by atoms with van der Waals surface area (Å²) >= 11 is 0. The topological polar surface area (TPSA) is 104 Å². The molecular formula is C14H25N3O4S. The van der Waals surface area contributed by atoms with Gasteiger partial charge in [0.25, 0.3) is 0 Å². The van der Waals surface area contributed by atoms with Crippen molar-refractivity contribution in [3.8, 4) is 0 Å². The zero-order valence-electron chi connectivity index (χ0n) is 12.8. The van der Waals surface area contributed by atoms with Crippen LogP contribution in [0.2, 0.25) is 0 Å². The zero-order valence-corrected chi connectivity index (χ0v) is 13.6. The highest BCUT2D eigenvalue weighted by Gasteiger charge is 2.28. The number of urea groups is 1. The Balaban J connectivity index is 1.57. The zero-order chi connectivity index (χ0) is 16.0. The number of sulfone groups is 1. The number of rotatable bonds is 5. The second-order valence-electron chi connectivity index (χ2n) is 6.15. The second-order valence-corrected chi connectivity index (χ2v) is 8.38. The molecule has 3 amide bonds. The quantitative estimate of drug-likeness (QED) is 0.674. The average Bonchev–Trinajstić information content (AvgIpc) is 2.79. The molecule has 1 saturated heterocycles. The molecule has 0 aromatic heterocycles. The van der Waals surface area contributed by atoms with Crippen LogP contribution < -0.4 is 16.0 Å². The van der Waals surface area contributed by atoms with Crippen LogP contribution in [0.3, 0.4) is 0 Å². The van der Waals surface area contributed by atoms with Gasteiger partial charge in [0.15, 0.2) is 9.84 Å². The van der Waals surface area contributed by atoms with E-state index in [0.717, 1.165) is 25.7 Å². The van der Waals surface area contributed by atoms with Gasteiger partial charge < -0.3 is 16.0 Å². The fourth-order valence-corrected chi connectivity index (χ4v) is 4.65. The predicted molar refractivity (Wildman–Crippen MR) is 83.2 cm³/mol. The normalized spacial score (nSPS) is 24.6. The number of hydrogen-bond acceptors (Lipinski definition) is 4. The molecule has 2 aliphatic rings. The summed E-state index contributed by atoms with van der Waals surface area (Å²) in [5, 5.41) is 8.29. The van der Waals surface area contributed by atoms with Crippen molar-refractivity contribution in [3.63, 3.8) is 0 Å². The van der Waals surface area contributed by atoms with Gasteiger partial charge in [0, 0.05) is 25.0 Å². The summed E-state index contributed by atoms with van der Waals surface area (Å²) < 4.78 is 22.6. The lowest BCUT2D eigenvalue weighted by Gasteiger charge is -2.22. The molecule has 0 spiro atoms. The van der Waals surface area contributed by atoms with E-state index in [1.54, 1.807) is 0 Å². The third-order valence-corrected chi connectivity index (χ3v) is 5.94. The molecule has 3 N–H and O–H groups in total. The van der Waals surface area contributed by atoms with Gasteiger partial charge in [0.05, 0.1) is 11.5 Å². The lowest BCUT2D eigenvalue weighted by molar-refractivity contribution is -0.121. The third kappa shape index (κ3) is 5.82. The monoisotopic (exact) mass is 331 g/mol. The highest BCUT2D eigenvalue weighted by molar-refractivity contribution is 7.91. The molecule has 1 heterocycles. The van der Waals surface area contributed by atoms with Gasteiger partial charge in [0.2, 0.25) is 5.91 Å². The Labute approximate surface area is 131 Å². The van der Waals surface area contributed by atoms with Crippen LogP contribution in [0.1, 0.15) is 44.9 Å². The minimum absolute atomic E-state index is 0.0222. The van der Waals surface area contributed by atoms with Crippen molar-refractivity contribution >= 4 is 21.8 Å². The average molecular weight is 331 g/mol. The fraction of sp³-hybridized carbons (Fsp3) is 0.857. The minimum atomic E-state index is -2.99. The Bertz CT molecular complexity index is 500.